The van der Waals surface area contributed by atoms with Gasteiger partial charge >= 0.3 is 10.1 Å². The van der Waals surface area contributed by atoms with Crippen molar-refractivity contribution in [1.82, 2.24) is 0 Å². The molecule has 0 aliphatic carbocycles. The van der Waals surface area contributed by atoms with Crippen LogP contribution in [-0.2, 0) is 23.8 Å². The van der Waals surface area contributed by atoms with Crippen LogP contribution in [0.15, 0.2) is 71.0 Å². The van der Waals surface area contributed by atoms with Gasteiger partial charge in [-0.2, -0.15) is 8.42 Å². The van der Waals surface area contributed by atoms with Gasteiger partial charge in [0.25, 0.3) is 0 Å². The summed E-state index contributed by atoms with van der Waals surface area (Å²) in [6.45, 7) is 0. The van der Waals surface area contributed by atoms with E-state index in [-0.39, 0.29) is 0 Å². The average molecular weight is 371 g/mol. The summed E-state index contributed by atoms with van der Waals surface area (Å²) in [4.78, 5) is 11.5. The number of halogens is 1. The number of carbonyl (C=O) groups is 1. The highest BCUT2D eigenvalue weighted by atomic mass is 35.5. The van der Waals surface area contributed by atoms with Gasteiger partial charge in [0.15, 0.2) is 6.10 Å². The lowest BCUT2D eigenvalue weighted by Gasteiger charge is -2.09. The van der Waals surface area contributed by atoms with E-state index in [9.17, 15) is 13.2 Å². The highest BCUT2D eigenvalue weighted by Crippen LogP contribution is 2.33. The summed E-state index contributed by atoms with van der Waals surface area (Å²) in [6, 6.07) is 1.41. The number of ketones is 1. The second kappa shape index (κ2) is 6.18. The van der Waals surface area contributed by atoms with Crippen LogP contribution in [0.1, 0.15) is 18.5 Å². The molecular weight excluding hydrogens is 354 g/mol. The fourth-order valence-corrected chi connectivity index (χ4v) is 2.87. The van der Waals surface area contributed by atoms with Gasteiger partial charge in [-0.15, -0.1) is 0 Å². The molecule has 1 atom stereocenters. The molecule has 0 amide bonds. The van der Waals surface area contributed by atoms with Gasteiger partial charge in [0.05, 0.1) is 6.85 Å². The molecule has 0 aromatic heterocycles. The maximum Gasteiger partial charge on any atom is 0.339 e. The Bertz CT molecular complexity index is 1140. The van der Waals surface area contributed by atoms with Crippen molar-refractivity contribution in [2.75, 3.05) is 0 Å². The van der Waals surface area contributed by atoms with Crippen molar-refractivity contribution in [2.24, 2.45) is 5.73 Å². The molecule has 0 saturated carbocycles. The topological polar surface area (TPSA) is 95.7 Å². The lowest BCUT2D eigenvalue weighted by molar-refractivity contribution is -0.123. The van der Waals surface area contributed by atoms with Crippen molar-refractivity contribution in [1.29, 1.82) is 0 Å². The quantitative estimate of drug-likeness (QED) is 0.831. The van der Waals surface area contributed by atoms with E-state index in [1.807, 2.05) is 0 Å². The van der Waals surface area contributed by atoms with Gasteiger partial charge in [-0.05, 0) is 24.2 Å². The first-order valence-electron chi connectivity index (χ1n) is 8.93. The molecule has 2 aromatic carbocycles. The van der Waals surface area contributed by atoms with E-state index in [0.29, 0.717) is 10.6 Å². The normalized spacial score (nSPS) is 20.6. The van der Waals surface area contributed by atoms with Gasteiger partial charge in [0, 0.05) is 10.6 Å². The van der Waals surface area contributed by atoms with Gasteiger partial charge in [-0.3, -0.25) is 4.79 Å². The van der Waals surface area contributed by atoms with Crippen molar-refractivity contribution in [3.05, 3.63) is 76.7 Å². The molecule has 1 aliphatic heterocycles. The second-order valence-electron chi connectivity index (χ2n) is 4.60. The maximum atomic E-state index is 12.6. The molecule has 24 heavy (non-hydrogen) atoms. The maximum absolute atomic E-state index is 12.6. The van der Waals surface area contributed by atoms with E-state index in [4.69, 9.17) is 33.1 Å². The minimum Gasteiger partial charge on any atom is -0.460 e. The van der Waals surface area contributed by atoms with Gasteiger partial charge < -0.3 is 14.7 Å². The van der Waals surface area contributed by atoms with E-state index in [1.165, 1.54) is 24.3 Å². The second-order valence-corrected chi connectivity index (χ2v) is 6.52. The molecule has 0 saturated heterocycles. The fourth-order valence-electron chi connectivity index (χ4n) is 1.93. The minimum absolute atomic E-state index is 0.334. The minimum atomic E-state index is -5.00. The summed E-state index contributed by atoms with van der Waals surface area (Å²) in [7, 11) is -5.00. The standard InChI is InChI=1S/C16H12ClNO5S/c17-11-8-6-10(7-9-11)14-13(19)15(16(18)22-14)23-24(20,21)12-4-2-1-3-5-12/h1-9,14H,18H2/i1D,2D,3D,4D,5D. The number of Topliss-reactive ketones (excluding diaryl/α,β-unsaturated/α-hetero) is 1. The Morgan fingerprint density at radius 1 is 1.17 bits per heavy atom. The molecule has 1 unspecified atom stereocenters. The van der Waals surface area contributed by atoms with E-state index < -0.39 is 68.8 Å². The van der Waals surface area contributed by atoms with Crippen LogP contribution in [-0.4, -0.2) is 14.2 Å². The number of ether oxygens (including phenoxy) is 1. The average Bonchev–Trinajstić information content (AvgIpc) is 2.93. The number of carbonyl (C=O) groups excluding carboxylic acids is 1. The molecule has 1 heterocycles. The van der Waals surface area contributed by atoms with Crippen LogP contribution in [0.25, 0.3) is 0 Å². The predicted molar refractivity (Wildman–Crippen MR) is 86.2 cm³/mol. The van der Waals surface area contributed by atoms with E-state index in [0.717, 1.165) is 0 Å². The molecule has 0 fully saturated rings. The van der Waals surface area contributed by atoms with Crippen molar-refractivity contribution in [3.63, 3.8) is 0 Å². The molecule has 1 aliphatic rings. The smallest absolute Gasteiger partial charge is 0.339 e. The van der Waals surface area contributed by atoms with Crippen LogP contribution in [0.3, 0.4) is 0 Å². The van der Waals surface area contributed by atoms with Gasteiger partial charge in [0.2, 0.25) is 17.4 Å². The Morgan fingerprint density at radius 3 is 2.42 bits per heavy atom. The van der Waals surface area contributed by atoms with Crippen molar-refractivity contribution in [2.45, 2.75) is 11.0 Å². The van der Waals surface area contributed by atoms with Gasteiger partial charge in [-0.1, -0.05) is 41.9 Å². The molecule has 2 N–H and O–H groups in total. The van der Waals surface area contributed by atoms with E-state index in [1.54, 1.807) is 0 Å². The van der Waals surface area contributed by atoms with Crippen LogP contribution < -0.4 is 5.73 Å². The third-order valence-corrected chi connectivity index (χ3v) is 4.37. The largest absolute Gasteiger partial charge is 0.460 e. The van der Waals surface area contributed by atoms with Crippen molar-refractivity contribution >= 4 is 27.5 Å². The molecule has 6 nitrogen and oxygen atoms in total. The molecule has 0 spiro atoms. The zero-order chi connectivity index (χ0) is 21.7. The van der Waals surface area contributed by atoms with E-state index >= 15 is 0 Å². The third kappa shape index (κ3) is 3.08. The summed E-state index contributed by atoms with van der Waals surface area (Å²) in [6.07, 6.45) is -1.28. The fraction of sp³-hybridized carbons (Fsp3) is 0.0625. The zero-order valence-corrected chi connectivity index (χ0v) is 13.4. The van der Waals surface area contributed by atoms with Crippen LogP contribution in [0.4, 0.5) is 0 Å². The number of nitrogens with two attached hydrogens (primary N) is 1. The Balaban J connectivity index is 1.99. The molecule has 2 aromatic rings. The summed E-state index contributed by atoms with van der Waals surface area (Å²) in [5.41, 5.74) is 5.93. The first-order valence-corrected chi connectivity index (χ1v) is 8.21. The summed E-state index contributed by atoms with van der Waals surface area (Å²) < 4.78 is 73.4. The number of benzene rings is 2. The molecule has 124 valence electrons. The lowest BCUT2D eigenvalue weighted by Crippen LogP contribution is -2.15. The highest BCUT2D eigenvalue weighted by Gasteiger charge is 2.39. The number of hydrogen-bond acceptors (Lipinski definition) is 6. The van der Waals surface area contributed by atoms with Crippen molar-refractivity contribution in [3.8, 4) is 0 Å². The van der Waals surface area contributed by atoms with Gasteiger partial charge in [-0.25, -0.2) is 0 Å². The van der Waals surface area contributed by atoms with Gasteiger partial charge in [0.1, 0.15) is 4.90 Å². The predicted octanol–water partition coefficient (Wildman–Crippen LogP) is 2.51. The lowest BCUT2D eigenvalue weighted by atomic mass is 10.1. The molecular formula is C16H12ClNO5S. The van der Waals surface area contributed by atoms with Crippen LogP contribution in [0.5, 0.6) is 0 Å². The first kappa shape index (κ1) is 11.1. The summed E-state index contributed by atoms with van der Waals surface area (Å²) in [5.74, 6) is -2.39. The Labute approximate surface area is 150 Å². The van der Waals surface area contributed by atoms with Crippen LogP contribution in [0.2, 0.25) is 5.02 Å². The monoisotopic (exact) mass is 370 g/mol. The third-order valence-electron chi connectivity index (χ3n) is 3.02. The molecule has 0 bridgehead atoms. The SMILES string of the molecule is [2H]c1c([2H])c([2H])c(S(=O)(=O)OC2=C(N)OC(c3ccc(Cl)cc3)C2=O)c([2H])c1[2H]. The van der Waals surface area contributed by atoms with E-state index in [2.05, 4.69) is 0 Å². The highest BCUT2D eigenvalue weighted by molar-refractivity contribution is 7.86. The Morgan fingerprint density at radius 2 is 1.79 bits per heavy atom. The molecule has 3 rings (SSSR count). The van der Waals surface area contributed by atoms with Crippen molar-refractivity contribution < 1.29 is 29.0 Å². The molecule has 0 radical (unpaired) electrons. The first-order chi connectivity index (χ1) is 13.5. The Kier molecular flexibility index (Phi) is 2.86. The van der Waals surface area contributed by atoms with Crippen LogP contribution in [0, 0.1) is 0 Å². The Hall–Kier alpha value is -2.51. The number of hydrogen-bond donors (Lipinski definition) is 1. The van der Waals surface area contributed by atoms with Crippen LogP contribution >= 0.6 is 11.6 Å². The summed E-state index contributed by atoms with van der Waals surface area (Å²) in [5, 5.41) is 0.403. The number of rotatable bonds is 4. The molecule has 8 heteroatoms. The summed E-state index contributed by atoms with van der Waals surface area (Å²) >= 11 is 5.79. The zero-order valence-electron chi connectivity index (χ0n) is 16.8.